The highest BCUT2D eigenvalue weighted by molar-refractivity contribution is 6.15. The monoisotopic (exact) mass is 965 g/mol. The molecule has 11 aromatic rings. The van der Waals surface area contributed by atoms with Crippen molar-refractivity contribution >= 4 is 53.9 Å². The summed E-state index contributed by atoms with van der Waals surface area (Å²) in [6, 6.07) is 83.5. The molecule has 0 radical (unpaired) electrons. The zero-order valence-corrected chi connectivity index (χ0v) is 47.4. The SMILES string of the molecule is CC.CC.CC.CC.CC.CC.CCC.Cc1c2ccccc2c(-c2ccccc2)c2ccccc12.c1ccc2c(c1)Cc1ccccc1-2.c1ccc2c(c1)ccc1ccccc12.c1ccc2ccccc2c1. The van der Waals surface area contributed by atoms with E-state index in [0.29, 0.717) is 0 Å². The van der Waals surface area contributed by atoms with E-state index in [1.165, 1.54) is 99.2 Å². The van der Waals surface area contributed by atoms with Gasteiger partial charge in [0.2, 0.25) is 0 Å². The lowest BCUT2D eigenvalue weighted by molar-refractivity contribution is 1.09. The van der Waals surface area contributed by atoms with Crippen molar-refractivity contribution in [1.29, 1.82) is 0 Å². The van der Waals surface area contributed by atoms with Gasteiger partial charge in [0.05, 0.1) is 0 Å². The van der Waals surface area contributed by atoms with E-state index in [0.717, 1.165) is 6.42 Å². The molecule has 0 aromatic heterocycles. The summed E-state index contributed by atoms with van der Waals surface area (Å²) in [6.07, 6.45) is 2.35. The summed E-state index contributed by atoms with van der Waals surface area (Å²) < 4.78 is 0. The van der Waals surface area contributed by atoms with Gasteiger partial charge in [-0.2, -0.15) is 0 Å². The molecule has 1 aliphatic carbocycles. The molecule has 380 valence electrons. The van der Waals surface area contributed by atoms with Gasteiger partial charge in [-0.15, -0.1) is 0 Å². The van der Waals surface area contributed by atoms with Crippen LogP contribution in [0.3, 0.4) is 0 Å². The summed E-state index contributed by atoms with van der Waals surface area (Å²) in [5.41, 5.74) is 9.74. The molecule has 0 spiro atoms. The predicted molar refractivity (Wildman–Crippen MR) is 336 cm³/mol. The molecule has 73 heavy (non-hydrogen) atoms. The van der Waals surface area contributed by atoms with Gasteiger partial charge < -0.3 is 0 Å². The number of hydrogen-bond acceptors (Lipinski definition) is 0. The maximum atomic E-state index is 2.23. The number of fused-ring (bicyclic) bond motifs is 9. The Morgan fingerprint density at radius 2 is 0.521 bits per heavy atom. The summed E-state index contributed by atoms with van der Waals surface area (Å²) >= 11 is 0. The Morgan fingerprint density at radius 1 is 0.260 bits per heavy atom. The third kappa shape index (κ3) is 17.2. The van der Waals surface area contributed by atoms with Crippen molar-refractivity contribution in [3.63, 3.8) is 0 Å². The van der Waals surface area contributed by atoms with Crippen LogP contribution in [0.15, 0.2) is 237 Å². The van der Waals surface area contributed by atoms with Crippen molar-refractivity contribution < 1.29 is 0 Å². The maximum absolute atomic E-state index is 2.23. The highest BCUT2D eigenvalue weighted by Crippen LogP contribution is 2.39. The van der Waals surface area contributed by atoms with E-state index >= 15 is 0 Å². The Balaban J connectivity index is 0.000000313. The van der Waals surface area contributed by atoms with E-state index in [4.69, 9.17) is 0 Å². The maximum Gasteiger partial charge on any atom is -0.00135 e. The molecule has 0 atom stereocenters. The molecule has 0 bridgehead atoms. The van der Waals surface area contributed by atoms with Gasteiger partial charge in [0.15, 0.2) is 0 Å². The van der Waals surface area contributed by atoms with Crippen LogP contribution in [0.1, 0.15) is 120 Å². The van der Waals surface area contributed by atoms with E-state index in [2.05, 4.69) is 257 Å². The third-order valence-corrected chi connectivity index (χ3v) is 11.3. The van der Waals surface area contributed by atoms with Crippen molar-refractivity contribution in [2.75, 3.05) is 0 Å². The van der Waals surface area contributed by atoms with E-state index < -0.39 is 0 Å². The van der Waals surface area contributed by atoms with Gasteiger partial charge >= 0.3 is 0 Å². The number of hydrogen-bond donors (Lipinski definition) is 0. The van der Waals surface area contributed by atoms with Gasteiger partial charge in [-0.05, 0) is 106 Å². The normalized spacial score (nSPS) is 9.58. The first-order valence-electron chi connectivity index (χ1n) is 27.6. The molecule has 0 saturated heterocycles. The van der Waals surface area contributed by atoms with Crippen LogP contribution in [0.5, 0.6) is 0 Å². The molecule has 1 aliphatic rings. The van der Waals surface area contributed by atoms with Crippen LogP contribution in [0.25, 0.3) is 76.1 Å². The van der Waals surface area contributed by atoms with Crippen molar-refractivity contribution in [1.82, 2.24) is 0 Å². The highest BCUT2D eigenvalue weighted by Gasteiger charge is 2.16. The van der Waals surface area contributed by atoms with Crippen LogP contribution < -0.4 is 0 Å². The molecule has 11 aromatic carbocycles. The van der Waals surface area contributed by atoms with E-state index in [-0.39, 0.29) is 0 Å². The Bertz CT molecular complexity index is 2950. The third-order valence-electron chi connectivity index (χ3n) is 11.3. The Morgan fingerprint density at radius 3 is 0.877 bits per heavy atom. The first kappa shape index (κ1) is 61.8. The predicted octanol–water partition coefficient (Wildman–Crippen LogP) is 23.6. The number of rotatable bonds is 1. The fraction of sp³-hybridized carbons (Fsp3) is 0.233. The molecule has 0 saturated carbocycles. The molecule has 0 amide bonds. The largest absolute Gasteiger partial charge is 0.0683 e. The second-order valence-electron chi connectivity index (χ2n) is 15.5. The van der Waals surface area contributed by atoms with Crippen LogP contribution in [0.2, 0.25) is 0 Å². The van der Waals surface area contributed by atoms with E-state index in [1.54, 1.807) is 0 Å². The first-order valence-corrected chi connectivity index (χ1v) is 27.6. The van der Waals surface area contributed by atoms with Crippen LogP contribution in [-0.2, 0) is 6.42 Å². The summed E-state index contributed by atoms with van der Waals surface area (Å²) in [5.74, 6) is 0. The molecular weight excluding hydrogens is 877 g/mol. The minimum absolute atomic E-state index is 1.10. The Hall–Kier alpha value is -7.28. The molecule has 0 nitrogen and oxygen atoms in total. The lowest BCUT2D eigenvalue weighted by atomic mass is 9.89. The molecule has 0 heteroatoms. The van der Waals surface area contributed by atoms with Crippen molar-refractivity contribution in [2.24, 2.45) is 0 Å². The smallest absolute Gasteiger partial charge is 0.00135 e. The summed E-state index contributed by atoms with van der Waals surface area (Å²) in [6.45, 7) is 30.5. The average molecular weight is 966 g/mol. The highest BCUT2D eigenvalue weighted by atomic mass is 14.2. The fourth-order valence-corrected chi connectivity index (χ4v) is 8.43. The Kier molecular flexibility index (Phi) is 31.0. The standard InChI is InChI=1S/C21H16.C14H10.C13H10.C10H8.C3H8.6C2H6/c1-15-17-11-5-7-13-19(17)21(16-9-3-2-4-10-16)20-14-8-6-12-18(15)20;1-3-7-13-11(5-1)9-10-12-6-2-4-8-14(12)13;1-3-7-12-10(5-1)9-11-6-2-4-8-13(11)12;1-2-6-10-8-4-3-7-9(10)5-1;1-3-2;6*1-2/h2-14H,1H3;1-10H;1-8H,9H2;1-8H;3H2,1-2H3;6*1-2H3. The second kappa shape index (κ2) is 36.6. The van der Waals surface area contributed by atoms with Crippen LogP contribution in [0, 0.1) is 6.92 Å². The van der Waals surface area contributed by atoms with Gasteiger partial charge in [0.1, 0.15) is 0 Å². The second-order valence-corrected chi connectivity index (χ2v) is 15.5. The first-order chi connectivity index (χ1) is 36.1. The van der Waals surface area contributed by atoms with Gasteiger partial charge in [0, 0.05) is 0 Å². The van der Waals surface area contributed by atoms with Gasteiger partial charge in [-0.1, -0.05) is 340 Å². The average Bonchev–Trinajstić information content (AvgIpc) is 3.88. The molecule has 0 heterocycles. The number of aryl methyl sites for hydroxylation is 1. The molecule has 0 fully saturated rings. The lowest BCUT2D eigenvalue weighted by Gasteiger charge is -2.15. The quantitative estimate of drug-likeness (QED) is 0.114. The van der Waals surface area contributed by atoms with Crippen molar-refractivity contribution in [2.45, 2.75) is 117 Å². The lowest BCUT2D eigenvalue weighted by Crippen LogP contribution is -1.88. The zero-order chi connectivity index (χ0) is 53.8. The van der Waals surface area contributed by atoms with Gasteiger partial charge in [-0.3, -0.25) is 0 Å². The summed E-state index contributed by atoms with van der Waals surface area (Å²) in [5, 5.41) is 13.3. The topological polar surface area (TPSA) is 0 Å². The zero-order valence-electron chi connectivity index (χ0n) is 47.4. The van der Waals surface area contributed by atoms with Crippen molar-refractivity contribution in [3.8, 4) is 22.3 Å². The molecule has 12 rings (SSSR count). The van der Waals surface area contributed by atoms with Gasteiger partial charge in [0.25, 0.3) is 0 Å². The fourth-order valence-electron chi connectivity index (χ4n) is 8.43. The molecule has 0 unspecified atom stereocenters. The minimum Gasteiger partial charge on any atom is -0.0683 e. The minimum atomic E-state index is 1.10. The van der Waals surface area contributed by atoms with Crippen molar-refractivity contribution in [3.05, 3.63) is 253 Å². The van der Waals surface area contributed by atoms with E-state index in [1.807, 2.05) is 83.1 Å². The molecule has 0 aliphatic heterocycles. The molecule has 0 N–H and O–H groups in total. The Labute approximate surface area is 443 Å². The summed E-state index contributed by atoms with van der Waals surface area (Å²) in [4.78, 5) is 0. The van der Waals surface area contributed by atoms with Crippen LogP contribution >= 0.6 is 0 Å². The van der Waals surface area contributed by atoms with E-state index in [9.17, 15) is 0 Å². The van der Waals surface area contributed by atoms with Crippen LogP contribution in [0.4, 0.5) is 0 Å². The van der Waals surface area contributed by atoms with Gasteiger partial charge in [-0.25, -0.2) is 0 Å². The summed E-state index contributed by atoms with van der Waals surface area (Å²) in [7, 11) is 0. The van der Waals surface area contributed by atoms with Crippen LogP contribution in [-0.4, -0.2) is 0 Å². The number of benzene rings is 11. The molecular formula is C73H88.